The average Bonchev–Trinajstić information content (AvgIpc) is 2.64. The van der Waals surface area contributed by atoms with Crippen LogP contribution in [0.1, 0.15) is 25.1 Å². The average molecular weight is 355 g/mol. The van der Waals surface area contributed by atoms with Gasteiger partial charge in [-0.3, -0.25) is 4.79 Å². The van der Waals surface area contributed by atoms with E-state index in [0.717, 1.165) is 53.9 Å². The number of nitrogens with zero attached hydrogens (tertiary/aromatic N) is 3. The number of benzene rings is 1. The standard InChI is InChI=1S/C19H25N5O2/c1-4-15-12-18(23-19(21-15)24-7-9-26-10-8-24)22-17-11-16(20-14(3)25)6-5-13(17)2/h5-6,11-12H,4,7-10H2,1-3H3,(H,20,25)(H,21,22,23). The van der Waals surface area contributed by atoms with Gasteiger partial charge >= 0.3 is 0 Å². The Bertz CT molecular complexity index is 787. The van der Waals surface area contributed by atoms with Gasteiger partial charge in [0.25, 0.3) is 0 Å². The number of ether oxygens (including phenoxy) is 1. The van der Waals surface area contributed by atoms with Crippen molar-refractivity contribution in [3.05, 3.63) is 35.5 Å². The van der Waals surface area contributed by atoms with Gasteiger partial charge in [0.15, 0.2) is 0 Å². The summed E-state index contributed by atoms with van der Waals surface area (Å²) in [6, 6.07) is 7.74. The Labute approximate surface area is 153 Å². The maximum atomic E-state index is 11.3. The summed E-state index contributed by atoms with van der Waals surface area (Å²) < 4.78 is 5.42. The van der Waals surface area contributed by atoms with Crippen molar-refractivity contribution < 1.29 is 9.53 Å². The Hall–Kier alpha value is -2.67. The number of nitrogens with one attached hydrogen (secondary N) is 2. The fourth-order valence-electron chi connectivity index (χ4n) is 2.81. The normalized spacial score (nSPS) is 14.2. The Morgan fingerprint density at radius 2 is 2.00 bits per heavy atom. The first-order valence-electron chi connectivity index (χ1n) is 8.91. The predicted octanol–water partition coefficient (Wildman–Crippen LogP) is 2.89. The first-order chi connectivity index (χ1) is 12.5. The highest BCUT2D eigenvalue weighted by atomic mass is 16.5. The molecule has 1 aromatic carbocycles. The second kappa shape index (κ2) is 8.14. The van der Waals surface area contributed by atoms with Gasteiger partial charge in [0, 0.05) is 43.1 Å². The van der Waals surface area contributed by atoms with Crippen LogP contribution in [0.25, 0.3) is 0 Å². The number of aryl methyl sites for hydroxylation is 2. The van der Waals surface area contributed by atoms with Crippen LogP contribution in [0.15, 0.2) is 24.3 Å². The first kappa shape index (κ1) is 18.1. The van der Waals surface area contributed by atoms with Crippen molar-refractivity contribution in [3.8, 4) is 0 Å². The van der Waals surface area contributed by atoms with E-state index >= 15 is 0 Å². The van der Waals surface area contributed by atoms with E-state index in [0.29, 0.717) is 13.2 Å². The molecule has 1 aromatic heterocycles. The number of rotatable bonds is 5. The maximum Gasteiger partial charge on any atom is 0.227 e. The molecule has 0 radical (unpaired) electrons. The second-order valence-corrected chi connectivity index (χ2v) is 6.33. The summed E-state index contributed by atoms with van der Waals surface area (Å²) in [6.45, 7) is 8.58. The van der Waals surface area contributed by atoms with E-state index in [2.05, 4.69) is 27.4 Å². The zero-order valence-electron chi connectivity index (χ0n) is 15.5. The minimum Gasteiger partial charge on any atom is -0.378 e. The Kier molecular flexibility index (Phi) is 5.68. The number of hydrogen-bond donors (Lipinski definition) is 2. The molecule has 0 spiro atoms. The monoisotopic (exact) mass is 355 g/mol. The van der Waals surface area contributed by atoms with Gasteiger partial charge in [0.2, 0.25) is 11.9 Å². The smallest absolute Gasteiger partial charge is 0.227 e. The third kappa shape index (κ3) is 4.49. The summed E-state index contributed by atoms with van der Waals surface area (Å²) in [5, 5.41) is 6.19. The van der Waals surface area contributed by atoms with E-state index in [4.69, 9.17) is 9.72 Å². The Morgan fingerprint density at radius 3 is 2.69 bits per heavy atom. The van der Waals surface area contributed by atoms with Gasteiger partial charge in [-0.2, -0.15) is 4.98 Å². The summed E-state index contributed by atoms with van der Waals surface area (Å²) in [5.41, 5.74) is 3.72. The molecule has 1 aliphatic heterocycles. The van der Waals surface area contributed by atoms with Gasteiger partial charge in [-0.05, 0) is 31.0 Å². The molecule has 7 heteroatoms. The van der Waals surface area contributed by atoms with Gasteiger partial charge in [0.1, 0.15) is 5.82 Å². The summed E-state index contributed by atoms with van der Waals surface area (Å²) in [5.74, 6) is 1.39. The molecule has 138 valence electrons. The van der Waals surface area contributed by atoms with Crippen LogP contribution >= 0.6 is 0 Å². The quantitative estimate of drug-likeness (QED) is 0.858. The molecule has 0 unspecified atom stereocenters. The molecule has 1 saturated heterocycles. The molecule has 3 rings (SSSR count). The lowest BCUT2D eigenvalue weighted by atomic mass is 10.1. The third-order valence-corrected chi connectivity index (χ3v) is 4.24. The topological polar surface area (TPSA) is 79.4 Å². The van der Waals surface area contributed by atoms with Crippen LogP contribution in [-0.2, 0) is 16.0 Å². The van der Waals surface area contributed by atoms with E-state index in [-0.39, 0.29) is 5.91 Å². The number of carbonyl (C=O) groups excluding carboxylic acids is 1. The van der Waals surface area contributed by atoms with Crippen LogP contribution in [0.3, 0.4) is 0 Å². The Morgan fingerprint density at radius 1 is 1.23 bits per heavy atom. The number of aromatic nitrogens is 2. The van der Waals surface area contributed by atoms with Gasteiger partial charge in [-0.1, -0.05) is 13.0 Å². The predicted molar refractivity (Wildman–Crippen MR) is 103 cm³/mol. The second-order valence-electron chi connectivity index (χ2n) is 6.33. The molecule has 2 aromatic rings. The summed E-state index contributed by atoms with van der Waals surface area (Å²) >= 11 is 0. The highest BCUT2D eigenvalue weighted by Crippen LogP contribution is 2.25. The third-order valence-electron chi connectivity index (χ3n) is 4.24. The molecule has 0 bridgehead atoms. The molecule has 1 aliphatic rings. The van der Waals surface area contributed by atoms with Crippen molar-refractivity contribution in [2.24, 2.45) is 0 Å². The Balaban J connectivity index is 1.88. The van der Waals surface area contributed by atoms with Gasteiger partial charge in [-0.25, -0.2) is 4.98 Å². The molecule has 0 atom stereocenters. The molecular weight excluding hydrogens is 330 g/mol. The molecule has 0 saturated carbocycles. The number of carbonyl (C=O) groups is 1. The molecule has 2 N–H and O–H groups in total. The summed E-state index contributed by atoms with van der Waals surface area (Å²) in [7, 11) is 0. The maximum absolute atomic E-state index is 11.3. The molecule has 1 fully saturated rings. The van der Waals surface area contributed by atoms with Gasteiger partial charge in [0.05, 0.1) is 13.2 Å². The lowest BCUT2D eigenvalue weighted by molar-refractivity contribution is -0.114. The van der Waals surface area contributed by atoms with Crippen LogP contribution < -0.4 is 15.5 Å². The van der Waals surface area contributed by atoms with E-state index < -0.39 is 0 Å². The largest absolute Gasteiger partial charge is 0.378 e. The van der Waals surface area contributed by atoms with E-state index in [1.165, 1.54) is 6.92 Å². The molecule has 2 heterocycles. The van der Waals surface area contributed by atoms with Crippen molar-refractivity contribution in [2.75, 3.05) is 41.8 Å². The van der Waals surface area contributed by atoms with E-state index in [1.807, 2.05) is 31.2 Å². The van der Waals surface area contributed by atoms with Gasteiger partial charge < -0.3 is 20.3 Å². The number of hydrogen-bond acceptors (Lipinski definition) is 6. The van der Waals surface area contributed by atoms with Gasteiger partial charge in [-0.15, -0.1) is 0 Å². The van der Waals surface area contributed by atoms with Crippen molar-refractivity contribution in [1.82, 2.24) is 9.97 Å². The first-order valence-corrected chi connectivity index (χ1v) is 8.91. The number of morpholine rings is 1. The SMILES string of the molecule is CCc1cc(Nc2cc(NC(C)=O)ccc2C)nc(N2CCOCC2)n1. The fourth-order valence-corrected chi connectivity index (χ4v) is 2.81. The zero-order valence-corrected chi connectivity index (χ0v) is 15.5. The minimum absolute atomic E-state index is 0.0929. The number of amides is 1. The van der Waals surface area contributed by atoms with E-state index in [1.54, 1.807) is 0 Å². The lowest BCUT2D eigenvalue weighted by Gasteiger charge is -2.27. The summed E-state index contributed by atoms with van der Waals surface area (Å²) in [6.07, 6.45) is 0.833. The van der Waals surface area contributed by atoms with Crippen LogP contribution in [0.5, 0.6) is 0 Å². The molecular formula is C19H25N5O2. The summed E-state index contributed by atoms with van der Waals surface area (Å²) in [4.78, 5) is 22.8. The molecule has 0 aliphatic carbocycles. The van der Waals surface area contributed by atoms with Crippen molar-refractivity contribution >= 4 is 29.0 Å². The fraction of sp³-hybridized carbons (Fsp3) is 0.421. The van der Waals surface area contributed by atoms with Crippen LogP contribution in [-0.4, -0.2) is 42.2 Å². The van der Waals surface area contributed by atoms with Crippen LogP contribution in [0.4, 0.5) is 23.1 Å². The van der Waals surface area contributed by atoms with Crippen LogP contribution in [0.2, 0.25) is 0 Å². The minimum atomic E-state index is -0.0929. The number of anilines is 4. The highest BCUT2D eigenvalue weighted by Gasteiger charge is 2.16. The molecule has 1 amide bonds. The highest BCUT2D eigenvalue weighted by molar-refractivity contribution is 5.89. The lowest BCUT2D eigenvalue weighted by Crippen LogP contribution is -2.37. The molecule has 7 nitrogen and oxygen atoms in total. The van der Waals surface area contributed by atoms with Crippen molar-refractivity contribution in [1.29, 1.82) is 0 Å². The zero-order chi connectivity index (χ0) is 18.5. The molecule has 26 heavy (non-hydrogen) atoms. The van der Waals surface area contributed by atoms with Crippen molar-refractivity contribution in [3.63, 3.8) is 0 Å². The van der Waals surface area contributed by atoms with Crippen LogP contribution in [0, 0.1) is 6.92 Å². The van der Waals surface area contributed by atoms with E-state index in [9.17, 15) is 4.79 Å². The van der Waals surface area contributed by atoms with Crippen molar-refractivity contribution in [2.45, 2.75) is 27.2 Å².